The van der Waals surface area contributed by atoms with Crippen molar-refractivity contribution in [3.05, 3.63) is 47.0 Å². The molecule has 0 radical (unpaired) electrons. The molecule has 5 nitrogen and oxygen atoms in total. The van der Waals surface area contributed by atoms with Crippen molar-refractivity contribution in [1.82, 2.24) is 15.1 Å². The monoisotopic (exact) mass is 329 g/mol. The van der Waals surface area contributed by atoms with Gasteiger partial charge < -0.3 is 10.1 Å². The van der Waals surface area contributed by atoms with Crippen molar-refractivity contribution in [2.24, 2.45) is 7.05 Å². The first-order valence-electron chi connectivity index (χ1n) is 7.65. The van der Waals surface area contributed by atoms with Crippen molar-refractivity contribution in [3.8, 4) is 18.1 Å². The number of carbonyl (C=O) groups is 1. The number of amides is 1. The van der Waals surface area contributed by atoms with E-state index >= 15 is 0 Å². The Bertz CT molecular complexity index is 762. The summed E-state index contributed by atoms with van der Waals surface area (Å²) in [5.41, 5.74) is 1.53. The smallest absolute Gasteiger partial charge is 0.269 e. The Balaban J connectivity index is 1.98. The predicted molar refractivity (Wildman–Crippen MR) is 89.1 cm³/mol. The molecule has 1 heterocycles. The number of halogens is 1. The molecule has 0 aliphatic rings. The van der Waals surface area contributed by atoms with Crippen molar-refractivity contribution in [2.45, 2.75) is 26.3 Å². The van der Waals surface area contributed by atoms with Crippen molar-refractivity contribution < 1.29 is 13.9 Å². The fourth-order valence-electron chi connectivity index (χ4n) is 2.25. The molecule has 24 heavy (non-hydrogen) atoms. The van der Waals surface area contributed by atoms with E-state index in [9.17, 15) is 9.18 Å². The fraction of sp³-hybridized carbons (Fsp3) is 0.333. The third kappa shape index (κ3) is 4.35. The summed E-state index contributed by atoms with van der Waals surface area (Å²) < 4.78 is 21.3. The first-order chi connectivity index (χ1) is 11.5. The van der Waals surface area contributed by atoms with Crippen LogP contribution in [0.3, 0.4) is 0 Å². The second-order valence-corrected chi connectivity index (χ2v) is 5.36. The lowest BCUT2D eigenvalue weighted by Gasteiger charge is -2.11. The zero-order valence-electron chi connectivity index (χ0n) is 13.8. The summed E-state index contributed by atoms with van der Waals surface area (Å²) in [5.74, 6) is 1.89. The highest BCUT2D eigenvalue weighted by molar-refractivity contribution is 5.92. The van der Waals surface area contributed by atoms with Gasteiger partial charge >= 0.3 is 0 Å². The van der Waals surface area contributed by atoms with Gasteiger partial charge in [-0.3, -0.25) is 9.48 Å². The molecule has 0 saturated carbocycles. The van der Waals surface area contributed by atoms with E-state index < -0.39 is 5.82 Å². The van der Waals surface area contributed by atoms with Gasteiger partial charge in [0, 0.05) is 25.6 Å². The second kappa shape index (κ2) is 8.16. The minimum atomic E-state index is -0.473. The minimum Gasteiger partial charge on any atom is -0.490 e. The third-order valence-corrected chi connectivity index (χ3v) is 3.44. The molecular weight excluding hydrogens is 309 g/mol. The van der Waals surface area contributed by atoms with Crippen LogP contribution < -0.4 is 10.1 Å². The van der Waals surface area contributed by atoms with Crippen LogP contribution in [-0.4, -0.2) is 22.3 Å². The fourth-order valence-corrected chi connectivity index (χ4v) is 2.25. The molecule has 2 aromatic rings. The summed E-state index contributed by atoms with van der Waals surface area (Å²) in [6.07, 6.45) is 6.41. The Hall–Kier alpha value is -2.81. The Morgan fingerprint density at radius 3 is 2.96 bits per heavy atom. The number of carbonyl (C=O) groups excluding carboxylic acids is 1. The number of nitrogens with one attached hydrogen (secondary N) is 1. The molecule has 0 saturated heterocycles. The summed E-state index contributed by atoms with van der Waals surface area (Å²) in [5, 5.41) is 6.81. The van der Waals surface area contributed by atoms with Crippen molar-refractivity contribution in [2.75, 3.05) is 6.61 Å². The van der Waals surface area contributed by atoms with Crippen molar-refractivity contribution in [1.29, 1.82) is 0 Å². The molecule has 126 valence electrons. The predicted octanol–water partition coefficient (Wildman–Crippen LogP) is 2.59. The number of aromatic nitrogens is 2. The Kier molecular flexibility index (Phi) is 5.96. The first kappa shape index (κ1) is 17.5. The maximum absolute atomic E-state index is 14.4. The van der Waals surface area contributed by atoms with Crippen LogP contribution in [0.1, 0.15) is 34.6 Å². The van der Waals surface area contributed by atoms with E-state index in [4.69, 9.17) is 11.2 Å². The molecule has 0 unspecified atom stereocenters. The minimum absolute atomic E-state index is 0.0659. The molecule has 0 aliphatic heterocycles. The van der Waals surface area contributed by atoms with Crippen LogP contribution in [0.2, 0.25) is 0 Å². The Labute approximate surface area is 140 Å². The maximum Gasteiger partial charge on any atom is 0.269 e. The van der Waals surface area contributed by atoms with Gasteiger partial charge in [0.2, 0.25) is 0 Å². The number of aryl methyl sites for hydroxylation is 2. The highest BCUT2D eigenvalue weighted by Gasteiger charge is 2.14. The van der Waals surface area contributed by atoms with E-state index in [-0.39, 0.29) is 18.2 Å². The number of nitrogens with zero attached hydrogens (tertiary/aromatic N) is 2. The van der Waals surface area contributed by atoms with Crippen LogP contribution in [0.4, 0.5) is 4.39 Å². The molecule has 0 aliphatic carbocycles. The van der Waals surface area contributed by atoms with E-state index in [1.54, 1.807) is 38.2 Å². The maximum atomic E-state index is 14.4. The average molecular weight is 329 g/mol. The summed E-state index contributed by atoms with van der Waals surface area (Å²) in [4.78, 5) is 12.1. The van der Waals surface area contributed by atoms with E-state index in [0.717, 1.165) is 5.69 Å². The number of rotatable bonds is 7. The lowest BCUT2D eigenvalue weighted by Crippen LogP contribution is -2.25. The van der Waals surface area contributed by atoms with Gasteiger partial charge in [-0.2, -0.15) is 5.10 Å². The Morgan fingerprint density at radius 2 is 2.29 bits per heavy atom. The van der Waals surface area contributed by atoms with Crippen molar-refractivity contribution in [3.63, 3.8) is 0 Å². The third-order valence-electron chi connectivity index (χ3n) is 3.44. The van der Waals surface area contributed by atoms with Crippen LogP contribution in [0.25, 0.3) is 0 Å². The van der Waals surface area contributed by atoms with Gasteiger partial charge in [-0.15, -0.1) is 12.3 Å². The molecule has 0 atom stereocenters. The number of terminal acetylenes is 1. The highest BCUT2D eigenvalue weighted by atomic mass is 19.1. The topological polar surface area (TPSA) is 56.1 Å². The quantitative estimate of drug-likeness (QED) is 0.627. The number of unbranched alkanes of at least 4 members (excludes halogenated alkanes) is 1. The molecule has 6 heteroatoms. The second-order valence-electron chi connectivity index (χ2n) is 5.36. The Morgan fingerprint density at radius 1 is 1.50 bits per heavy atom. The summed E-state index contributed by atoms with van der Waals surface area (Å²) in [6.45, 7) is 2.22. The standard InChI is InChI=1S/C18H20FN3O2/c1-4-5-6-10-24-16-9-7-8-14(17(16)19)12-20-18(23)15-11-13(2)21-22(15)3/h1,7-9,11H,5-6,10,12H2,2-3H3,(H,20,23). The summed E-state index contributed by atoms with van der Waals surface area (Å²) in [6, 6.07) is 6.53. The zero-order valence-corrected chi connectivity index (χ0v) is 13.8. The summed E-state index contributed by atoms with van der Waals surface area (Å²) in [7, 11) is 1.69. The van der Waals surface area contributed by atoms with Crippen LogP contribution in [0.5, 0.6) is 5.75 Å². The van der Waals surface area contributed by atoms with E-state index in [1.807, 2.05) is 0 Å². The van der Waals surface area contributed by atoms with E-state index in [1.165, 1.54) is 4.68 Å². The number of hydrogen-bond donors (Lipinski definition) is 1. The normalized spacial score (nSPS) is 10.2. The molecule has 1 aromatic heterocycles. The van der Waals surface area contributed by atoms with Gasteiger partial charge in [0.05, 0.1) is 12.3 Å². The molecule has 1 N–H and O–H groups in total. The number of ether oxygens (including phenoxy) is 1. The molecule has 1 aromatic carbocycles. The largest absolute Gasteiger partial charge is 0.490 e. The molecule has 0 bridgehead atoms. The molecule has 2 rings (SSSR count). The van der Waals surface area contributed by atoms with Crippen LogP contribution >= 0.6 is 0 Å². The van der Waals surface area contributed by atoms with Crippen molar-refractivity contribution >= 4 is 5.91 Å². The molecule has 0 fully saturated rings. The van der Waals surface area contributed by atoms with Crippen LogP contribution in [0, 0.1) is 25.1 Å². The molecular formula is C18H20FN3O2. The lowest BCUT2D eigenvalue weighted by molar-refractivity contribution is 0.0941. The van der Waals surface area contributed by atoms with E-state index in [2.05, 4.69) is 16.3 Å². The number of hydrogen-bond acceptors (Lipinski definition) is 3. The van der Waals surface area contributed by atoms with Gasteiger partial charge in [-0.05, 0) is 25.5 Å². The highest BCUT2D eigenvalue weighted by Crippen LogP contribution is 2.20. The average Bonchev–Trinajstić information content (AvgIpc) is 2.90. The van der Waals surface area contributed by atoms with Crippen LogP contribution in [-0.2, 0) is 13.6 Å². The van der Waals surface area contributed by atoms with E-state index in [0.29, 0.717) is 30.7 Å². The van der Waals surface area contributed by atoms with Gasteiger partial charge in [-0.25, -0.2) is 4.39 Å². The van der Waals surface area contributed by atoms with Gasteiger partial charge in [0.1, 0.15) is 5.69 Å². The summed E-state index contributed by atoms with van der Waals surface area (Å²) >= 11 is 0. The molecule has 0 spiro atoms. The van der Waals surface area contributed by atoms with Gasteiger partial charge in [-0.1, -0.05) is 12.1 Å². The first-order valence-corrected chi connectivity index (χ1v) is 7.65. The zero-order chi connectivity index (χ0) is 17.5. The molecule has 1 amide bonds. The lowest BCUT2D eigenvalue weighted by atomic mass is 10.2. The van der Waals surface area contributed by atoms with Gasteiger partial charge in [0.15, 0.2) is 11.6 Å². The number of benzene rings is 1. The van der Waals surface area contributed by atoms with Crippen LogP contribution in [0.15, 0.2) is 24.3 Å². The van der Waals surface area contributed by atoms with Gasteiger partial charge in [0.25, 0.3) is 5.91 Å². The SMILES string of the molecule is C#CCCCOc1cccc(CNC(=O)c2cc(C)nn2C)c1F.